The van der Waals surface area contributed by atoms with Crippen molar-refractivity contribution in [1.29, 1.82) is 0 Å². The molecule has 106 valence electrons. The van der Waals surface area contributed by atoms with Gasteiger partial charge in [0.15, 0.2) is 0 Å². The standard InChI is InChI=1S/C14H17ClN4S/c1-8(2)12-17-13(19-16)9(3)14(18-12)20-11-7-5-4-6-10(11)15/h4-8H,16H2,1-3H3,(H,17,18,19). The Kier molecular flexibility index (Phi) is 4.86. The summed E-state index contributed by atoms with van der Waals surface area (Å²) < 4.78 is 0. The van der Waals surface area contributed by atoms with Gasteiger partial charge < -0.3 is 5.43 Å². The van der Waals surface area contributed by atoms with Crippen LogP contribution in [0, 0.1) is 6.92 Å². The number of benzene rings is 1. The van der Waals surface area contributed by atoms with E-state index in [-0.39, 0.29) is 5.92 Å². The molecule has 20 heavy (non-hydrogen) atoms. The Morgan fingerprint density at radius 2 is 1.95 bits per heavy atom. The maximum absolute atomic E-state index is 6.20. The minimum atomic E-state index is 0.230. The van der Waals surface area contributed by atoms with E-state index in [4.69, 9.17) is 17.4 Å². The van der Waals surface area contributed by atoms with Crippen LogP contribution in [0.15, 0.2) is 34.2 Å². The summed E-state index contributed by atoms with van der Waals surface area (Å²) >= 11 is 7.72. The van der Waals surface area contributed by atoms with Crippen molar-refractivity contribution in [3.63, 3.8) is 0 Å². The van der Waals surface area contributed by atoms with Gasteiger partial charge in [0, 0.05) is 16.4 Å². The number of nitrogens with two attached hydrogens (primary N) is 1. The second kappa shape index (κ2) is 6.43. The van der Waals surface area contributed by atoms with Crippen molar-refractivity contribution in [3.05, 3.63) is 40.7 Å². The lowest BCUT2D eigenvalue weighted by atomic mass is 10.2. The van der Waals surface area contributed by atoms with Gasteiger partial charge in [-0.1, -0.05) is 49.3 Å². The summed E-state index contributed by atoms with van der Waals surface area (Å²) in [6.45, 7) is 6.04. The summed E-state index contributed by atoms with van der Waals surface area (Å²) in [4.78, 5) is 10.0. The largest absolute Gasteiger partial charge is 0.308 e. The maximum Gasteiger partial charge on any atom is 0.147 e. The number of rotatable bonds is 4. The van der Waals surface area contributed by atoms with E-state index in [1.807, 2.05) is 31.2 Å². The number of nitrogen functional groups attached to an aromatic ring is 1. The molecule has 0 bridgehead atoms. The predicted molar refractivity (Wildman–Crippen MR) is 84.2 cm³/mol. The zero-order valence-corrected chi connectivity index (χ0v) is 13.2. The normalized spacial score (nSPS) is 10.9. The summed E-state index contributed by atoms with van der Waals surface area (Å²) in [6, 6.07) is 7.70. The molecular formula is C14H17ClN4S. The molecule has 2 rings (SSSR count). The molecule has 0 saturated carbocycles. The van der Waals surface area contributed by atoms with Crippen LogP contribution in [0.2, 0.25) is 5.02 Å². The van der Waals surface area contributed by atoms with Gasteiger partial charge in [0.1, 0.15) is 16.7 Å². The van der Waals surface area contributed by atoms with E-state index in [9.17, 15) is 0 Å². The molecule has 0 aliphatic rings. The van der Waals surface area contributed by atoms with Crippen molar-refractivity contribution in [2.45, 2.75) is 36.6 Å². The zero-order valence-electron chi connectivity index (χ0n) is 11.6. The van der Waals surface area contributed by atoms with Crippen molar-refractivity contribution >= 4 is 29.2 Å². The van der Waals surface area contributed by atoms with Crippen LogP contribution in [-0.2, 0) is 0 Å². The fourth-order valence-corrected chi connectivity index (χ4v) is 2.80. The summed E-state index contributed by atoms with van der Waals surface area (Å²) in [5, 5.41) is 1.58. The van der Waals surface area contributed by atoms with Crippen LogP contribution in [-0.4, -0.2) is 9.97 Å². The molecule has 0 atom stereocenters. The average molecular weight is 309 g/mol. The minimum absolute atomic E-state index is 0.230. The summed E-state index contributed by atoms with van der Waals surface area (Å²) in [7, 11) is 0. The van der Waals surface area contributed by atoms with E-state index in [0.717, 1.165) is 21.3 Å². The second-order valence-electron chi connectivity index (χ2n) is 4.69. The molecule has 0 spiro atoms. The van der Waals surface area contributed by atoms with Crippen molar-refractivity contribution in [2.24, 2.45) is 5.84 Å². The van der Waals surface area contributed by atoms with Gasteiger partial charge in [0.25, 0.3) is 0 Å². The van der Waals surface area contributed by atoms with Gasteiger partial charge >= 0.3 is 0 Å². The van der Waals surface area contributed by atoms with E-state index in [1.165, 1.54) is 11.8 Å². The molecule has 0 unspecified atom stereocenters. The molecule has 1 aromatic heterocycles. The van der Waals surface area contributed by atoms with Crippen LogP contribution in [0.4, 0.5) is 5.82 Å². The molecule has 2 aromatic rings. The van der Waals surface area contributed by atoms with Crippen LogP contribution in [0.5, 0.6) is 0 Å². The monoisotopic (exact) mass is 308 g/mol. The molecule has 0 amide bonds. The first-order chi connectivity index (χ1) is 9.52. The van der Waals surface area contributed by atoms with Gasteiger partial charge in [0.2, 0.25) is 0 Å². The number of hydrogen-bond donors (Lipinski definition) is 2. The molecule has 3 N–H and O–H groups in total. The highest BCUT2D eigenvalue weighted by atomic mass is 35.5. The van der Waals surface area contributed by atoms with Crippen LogP contribution in [0.25, 0.3) is 0 Å². The van der Waals surface area contributed by atoms with E-state index in [1.54, 1.807) is 0 Å². The maximum atomic E-state index is 6.20. The lowest BCUT2D eigenvalue weighted by Crippen LogP contribution is -2.13. The second-order valence-corrected chi connectivity index (χ2v) is 6.13. The lowest BCUT2D eigenvalue weighted by Gasteiger charge is -2.13. The summed E-state index contributed by atoms with van der Waals surface area (Å²) in [5.41, 5.74) is 3.55. The van der Waals surface area contributed by atoms with Crippen molar-refractivity contribution in [2.75, 3.05) is 5.43 Å². The van der Waals surface area contributed by atoms with Gasteiger partial charge in [-0.25, -0.2) is 15.8 Å². The smallest absolute Gasteiger partial charge is 0.147 e. The van der Waals surface area contributed by atoms with Gasteiger partial charge in [-0.15, -0.1) is 0 Å². The number of hydrazine groups is 1. The number of aromatic nitrogens is 2. The third-order valence-electron chi connectivity index (χ3n) is 2.81. The SMILES string of the molecule is Cc1c(NN)nc(C(C)C)nc1Sc1ccccc1Cl. The van der Waals surface area contributed by atoms with Crippen LogP contribution < -0.4 is 11.3 Å². The number of hydrogen-bond acceptors (Lipinski definition) is 5. The van der Waals surface area contributed by atoms with E-state index < -0.39 is 0 Å². The Labute approximate surface area is 128 Å². The quantitative estimate of drug-likeness (QED) is 0.508. The summed E-state index contributed by atoms with van der Waals surface area (Å²) in [5.74, 6) is 7.18. The van der Waals surface area contributed by atoms with Crippen molar-refractivity contribution < 1.29 is 0 Å². The molecule has 0 radical (unpaired) electrons. The molecule has 6 heteroatoms. The topological polar surface area (TPSA) is 63.8 Å². The molecule has 1 aromatic carbocycles. The predicted octanol–water partition coefficient (Wildman–Crippen LogP) is 4.00. The molecule has 0 saturated heterocycles. The van der Waals surface area contributed by atoms with Gasteiger partial charge in [-0.05, 0) is 19.1 Å². The van der Waals surface area contributed by atoms with Gasteiger partial charge in [-0.3, -0.25) is 0 Å². The first-order valence-corrected chi connectivity index (χ1v) is 7.50. The van der Waals surface area contributed by atoms with Gasteiger partial charge in [-0.2, -0.15) is 0 Å². The average Bonchev–Trinajstić information content (AvgIpc) is 2.43. The van der Waals surface area contributed by atoms with Crippen LogP contribution >= 0.6 is 23.4 Å². The Balaban J connectivity index is 2.45. The number of nitrogens with zero attached hydrogens (tertiary/aromatic N) is 2. The first-order valence-electron chi connectivity index (χ1n) is 6.30. The molecule has 0 fully saturated rings. The third kappa shape index (κ3) is 3.23. The third-order valence-corrected chi connectivity index (χ3v) is 4.42. The number of nitrogens with one attached hydrogen (secondary N) is 1. The lowest BCUT2D eigenvalue weighted by molar-refractivity contribution is 0.749. The van der Waals surface area contributed by atoms with E-state index >= 15 is 0 Å². The first kappa shape index (κ1) is 15.1. The molecular weight excluding hydrogens is 292 g/mol. The fourth-order valence-electron chi connectivity index (χ4n) is 1.64. The van der Waals surface area contributed by atoms with Crippen LogP contribution in [0.1, 0.15) is 31.2 Å². The Morgan fingerprint density at radius 1 is 1.25 bits per heavy atom. The minimum Gasteiger partial charge on any atom is -0.308 e. The van der Waals surface area contributed by atoms with Gasteiger partial charge in [0.05, 0.1) is 5.02 Å². The van der Waals surface area contributed by atoms with E-state index in [2.05, 4.69) is 29.2 Å². The van der Waals surface area contributed by atoms with Crippen molar-refractivity contribution in [1.82, 2.24) is 9.97 Å². The Bertz CT molecular complexity index is 616. The molecule has 0 aliphatic heterocycles. The molecule has 0 aliphatic carbocycles. The number of anilines is 1. The van der Waals surface area contributed by atoms with Crippen LogP contribution in [0.3, 0.4) is 0 Å². The Morgan fingerprint density at radius 3 is 2.55 bits per heavy atom. The zero-order chi connectivity index (χ0) is 14.7. The van der Waals surface area contributed by atoms with E-state index in [0.29, 0.717) is 10.8 Å². The molecule has 1 heterocycles. The highest BCUT2D eigenvalue weighted by molar-refractivity contribution is 7.99. The number of halogens is 1. The fraction of sp³-hybridized carbons (Fsp3) is 0.286. The van der Waals surface area contributed by atoms with Crippen molar-refractivity contribution in [3.8, 4) is 0 Å². The summed E-state index contributed by atoms with van der Waals surface area (Å²) in [6.07, 6.45) is 0. The highest BCUT2D eigenvalue weighted by Crippen LogP contribution is 2.35. The molecule has 4 nitrogen and oxygen atoms in total. The Hall–Kier alpha value is -1.30. The highest BCUT2D eigenvalue weighted by Gasteiger charge is 2.14.